The quantitative estimate of drug-likeness (QED) is 0.511. The van der Waals surface area contributed by atoms with Crippen molar-refractivity contribution in [3.8, 4) is 0 Å². The van der Waals surface area contributed by atoms with Crippen molar-refractivity contribution in [3.05, 3.63) is 0 Å². The van der Waals surface area contributed by atoms with E-state index in [0.717, 1.165) is 18.5 Å². The molecule has 0 saturated heterocycles. The molecule has 0 radical (unpaired) electrons. The third kappa shape index (κ3) is 3.56. The topological polar surface area (TPSA) is 18.5 Å². The van der Waals surface area contributed by atoms with E-state index in [2.05, 4.69) is 15.9 Å². The van der Waals surface area contributed by atoms with Crippen molar-refractivity contribution in [2.24, 2.45) is 5.41 Å². The maximum Gasteiger partial charge on any atom is 0.0700 e. The Morgan fingerprint density at radius 2 is 2.00 bits per heavy atom. The van der Waals surface area contributed by atoms with Crippen LogP contribution in [0, 0.1) is 5.41 Å². The Hall–Kier alpha value is 0.400. The smallest absolute Gasteiger partial charge is 0.0700 e. The molecule has 3 heteroatoms. The lowest BCUT2D eigenvalue weighted by Gasteiger charge is -2.40. The lowest BCUT2D eigenvalue weighted by atomic mass is 9.68. The molecule has 1 aliphatic carbocycles. The van der Waals surface area contributed by atoms with E-state index in [1.165, 1.54) is 25.7 Å². The molecule has 1 rings (SSSR count). The van der Waals surface area contributed by atoms with E-state index in [0.29, 0.717) is 12.0 Å². The highest BCUT2D eigenvalue weighted by Gasteiger charge is 2.35. The van der Waals surface area contributed by atoms with Gasteiger partial charge in [0.15, 0.2) is 0 Å². The van der Waals surface area contributed by atoms with Crippen LogP contribution in [0.2, 0.25) is 0 Å². The molecule has 0 spiro atoms. The highest BCUT2D eigenvalue weighted by Crippen LogP contribution is 2.45. The van der Waals surface area contributed by atoms with Gasteiger partial charge in [-0.3, -0.25) is 0 Å². The molecule has 0 atom stereocenters. The maximum absolute atomic E-state index is 5.46. The van der Waals surface area contributed by atoms with Crippen LogP contribution < -0.4 is 0 Å². The normalized spacial score (nSPS) is 19.8. The molecular formula is C10H19BrO2. The van der Waals surface area contributed by atoms with Crippen molar-refractivity contribution in [1.82, 2.24) is 0 Å². The maximum atomic E-state index is 5.46. The SMILES string of the molecule is COCCOCCC1(CBr)CCC1. The Morgan fingerprint density at radius 3 is 2.46 bits per heavy atom. The Morgan fingerprint density at radius 1 is 1.23 bits per heavy atom. The van der Waals surface area contributed by atoms with Crippen molar-refractivity contribution in [2.75, 3.05) is 32.3 Å². The van der Waals surface area contributed by atoms with Crippen molar-refractivity contribution in [1.29, 1.82) is 0 Å². The number of halogens is 1. The fourth-order valence-electron chi connectivity index (χ4n) is 1.66. The molecule has 1 saturated carbocycles. The van der Waals surface area contributed by atoms with Gasteiger partial charge in [0.25, 0.3) is 0 Å². The standard InChI is InChI=1S/C10H19BrO2/c1-12-7-8-13-6-5-10(9-11)3-2-4-10/h2-9H2,1H3. The summed E-state index contributed by atoms with van der Waals surface area (Å²) in [5.41, 5.74) is 0.563. The van der Waals surface area contributed by atoms with E-state index in [1.807, 2.05) is 0 Å². The van der Waals surface area contributed by atoms with Crippen LogP contribution in [0.4, 0.5) is 0 Å². The summed E-state index contributed by atoms with van der Waals surface area (Å²) in [4.78, 5) is 0. The van der Waals surface area contributed by atoms with Crippen LogP contribution in [-0.4, -0.2) is 32.3 Å². The minimum Gasteiger partial charge on any atom is -0.382 e. The summed E-state index contributed by atoms with van der Waals surface area (Å²) in [7, 11) is 1.70. The third-order valence-corrected chi connectivity index (χ3v) is 4.10. The highest BCUT2D eigenvalue weighted by atomic mass is 79.9. The Kier molecular flexibility index (Phi) is 5.29. The van der Waals surface area contributed by atoms with Crippen LogP contribution in [-0.2, 0) is 9.47 Å². The second kappa shape index (κ2) is 5.99. The number of alkyl halides is 1. The first-order valence-electron chi connectivity index (χ1n) is 4.96. The minimum atomic E-state index is 0.563. The lowest BCUT2D eigenvalue weighted by Crippen LogP contribution is -2.32. The zero-order chi connectivity index (χ0) is 9.57. The number of hydrogen-bond donors (Lipinski definition) is 0. The molecule has 0 aromatic rings. The van der Waals surface area contributed by atoms with Crippen LogP contribution >= 0.6 is 15.9 Å². The van der Waals surface area contributed by atoms with Crippen molar-refractivity contribution < 1.29 is 9.47 Å². The van der Waals surface area contributed by atoms with Gasteiger partial charge < -0.3 is 9.47 Å². The second-order valence-corrected chi connectivity index (χ2v) is 4.40. The zero-order valence-corrected chi connectivity index (χ0v) is 9.94. The van der Waals surface area contributed by atoms with E-state index in [-0.39, 0.29) is 0 Å². The van der Waals surface area contributed by atoms with E-state index in [1.54, 1.807) is 7.11 Å². The molecular weight excluding hydrogens is 232 g/mol. The van der Waals surface area contributed by atoms with Gasteiger partial charge in [-0.15, -0.1) is 0 Å². The fraction of sp³-hybridized carbons (Fsp3) is 1.00. The van der Waals surface area contributed by atoms with Crippen LogP contribution in [0.5, 0.6) is 0 Å². The van der Waals surface area contributed by atoms with Crippen molar-refractivity contribution in [2.45, 2.75) is 25.7 Å². The van der Waals surface area contributed by atoms with E-state index in [4.69, 9.17) is 9.47 Å². The Labute approximate surface area is 89.1 Å². The molecule has 0 heterocycles. The number of rotatable bonds is 7. The first kappa shape index (κ1) is 11.5. The van der Waals surface area contributed by atoms with Gasteiger partial charge in [-0.2, -0.15) is 0 Å². The number of ether oxygens (including phenoxy) is 2. The molecule has 0 aliphatic heterocycles. The molecule has 0 N–H and O–H groups in total. The van der Waals surface area contributed by atoms with Crippen molar-refractivity contribution in [3.63, 3.8) is 0 Å². The number of hydrogen-bond acceptors (Lipinski definition) is 2. The summed E-state index contributed by atoms with van der Waals surface area (Å²) in [6.45, 7) is 2.32. The Balaban J connectivity index is 1.98. The van der Waals surface area contributed by atoms with Gasteiger partial charge >= 0.3 is 0 Å². The van der Waals surface area contributed by atoms with E-state index in [9.17, 15) is 0 Å². The van der Waals surface area contributed by atoms with Crippen LogP contribution in [0.1, 0.15) is 25.7 Å². The van der Waals surface area contributed by atoms with Crippen LogP contribution in [0.25, 0.3) is 0 Å². The largest absolute Gasteiger partial charge is 0.382 e. The summed E-state index contributed by atoms with van der Waals surface area (Å²) >= 11 is 3.59. The molecule has 0 amide bonds. The minimum absolute atomic E-state index is 0.563. The van der Waals surface area contributed by atoms with Gasteiger partial charge in [0.1, 0.15) is 0 Å². The third-order valence-electron chi connectivity index (χ3n) is 2.91. The monoisotopic (exact) mass is 250 g/mol. The Bertz CT molecular complexity index is 129. The first-order valence-corrected chi connectivity index (χ1v) is 6.08. The summed E-state index contributed by atoms with van der Waals surface area (Å²) in [5.74, 6) is 0. The van der Waals surface area contributed by atoms with Gasteiger partial charge in [-0.05, 0) is 24.7 Å². The lowest BCUT2D eigenvalue weighted by molar-refractivity contribution is 0.0373. The summed E-state index contributed by atoms with van der Waals surface area (Å²) in [6.07, 6.45) is 5.32. The fourth-order valence-corrected chi connectivity index (χ4v) is 2.50. The number of methoxy groups -OCH3 is 1. The van der Waals surface area contributed by atoms with E-state index < -0.39 is 0 Å². The predicted molar refractivity (Wildman–Crippen MR) is 57.4 cm³/mol. The molecule has 0 aromatic heterocycles. The summed E-state index contributed by atoms with van der Waals surface area (Å²) < 4.78 is 10.4. The average molecular weight is 251 g/mol. The summed E-state index contributed by atoms with van der Waals surface area (Å²) in [6, 6.07) is 0. The van der Waals surface area contributed by atoms with Crippen molar-refractivity contribution >= 4 is 15.9 Å². The average Bonchev–Trinajstić information content (AvgIpc) is 2.09. The van der Waals surface area contributed by atoms with Gasteiger partial charge in [0.05, 0.1) is 13.2 Å². The molecule has 2 nitrogen and oxygen atoms in total. The van der Waals surface area contributed by atoms with Gasteiger partial charge in [-0.1, -0.05) is 22.4 Å². The van der Waals surface area contributed by atoms with E-state index >= 15 is 0 Å². The van der Waals surface area contributed by atoms with Gasteiger partial charge in [-0.25, -0.2) is 0 Å². The molecule has 0 unspecified atom stereocenters. The molecule has 78 valence electrons. The molecule has 0 bridgehead atoms. The first-order chi connectivity index (χ1) is 6.33. The van der Waals surface area contributed by atoms with Crippen LogP contribution in [0.15, 0.2) is 0 Å². The summed E-state index contributed by atoms with van der Waals surface area (Å²) in [5, 5.41) is 1.13. The molecule has 13 heavy (non-hydrogen) atoms. The predicted octanol–water partition coefficient (Wildman–Crippen LogP) is 2.60. The van der Waals surface area contributed by atoms with Crippen LogP contribution in [0.3, 0.4) is 0 Å². The highest BCUT2D eigenvalue weighted by molar-refractivity contribution is 9.09. The molecule has 0 aromatic carbocycles. The molecule has 1 fully saturated rings. The van der Waals surface area contributed by atoms with Gasteiger partial charge in [0.2, 0.25) is 0 Å². The molecule has 1 aliphatic rings. The second-order valence-electron chi connectivity index (χ2n) is 3.84. The zero-order valence-electron chi connectivity index (χ0n) is 8.35. The van der Waals surface area contributed by atoms with Gasteiger partial charge in [0, 0.05) is 19.0 Å².